The predicted octanol–water partition coefficient (Wildman–Crippen LogP) is 2.21. The lowest BCUT2D eigenvalue weighted by Crippen LogP contribution is -1.99. The molecule has 0 aromatic carbocycles. The Kier molecular flexibility index (Phi) is 3.33. The molecule has 1 heterocycles. The van der Waals surface area contributed by atoms with Crippen LogP contribution in [0.4, 0.5) is 0 Å². The molecule has 1 aromatic heterocycles. The summed E-state index contributed by atoms with van der Waals surface area (Å²) in [6.45, 7) is 6.15. The van der Waals surface area contributed by atoms with Gasteiger partial charge in [-0.2, -0.15) is 0 Å². The number of aromatic nitrogens is 1. The third-order valence-electron chi connectivity index (χ3n) is 2.64. The highest BCUT2D eigenvalue weighted by atomic mass is 16.4. The van der Waals surface area contributed by atoms with Gasteiger partial charge >= 0.3 is 5.97 Å². The average Bonchev–Trinajstić information content (AvgIpc) is 2.39. The Morgan fingerprint density at radius 2 is 2.07 bits per heavy atom. The zero-order chi connectivity index (χ0) is 10.7. The smallest absolute Gasteiger partial charge is 0.303 e. The zero-order valence-electron chi connectivity index (χ0n) is 8.98. The molecule has 1 rings (SSSR count). The fourth-order valence-electron chi connectivity index (χ4n) is 1.82. The Hall–Kier alpha value is -1.25. The Morgan fingerprint density at radius 1 is 1.43 bits per heavy atom. The largest absolute Gasteiger partial charge is 0.481 e. The topological polar surface area (TPSA) is 53.1 Å². The molecule has 3 heteroatoms. The molecule has 0 aliphatic rings. The van der Waals surface area contributed by atoms with Crippen molar-refractivity contribution in [2.75, 3.05) is 0 Å². The van der Waals surface area contributed by atoms with Crippen molar-refractivity contribution in [1.29, 1.82) is 0 Å². The van der Waals surface area contributed by atoms with E-state index in [1.54, 1.807) is 0 Å². The number of carboxylic acid groups (broad SMARTS) is 1. The molecule has 2 N–H and O–H groups in total. The number of rotatable bonds is 4. The number of aromatic amines is 1. The monoisotopic (exact) mass is 195 g/mol. The van der Waals surface area contributed by atoms with E-state index in [1.807, 2.05) is 6.92 Å². The van der Waals surface area contributed by atoms with Crippen LogP contribution < -0.4 is 0 Å². The van der Waals surface area contributed by atoms with Crippen molar-refractivity contribution in [2.24, 2.45) is 0 Å². The summed E-state index contributed by atoms with van der Waals surface area (Å²) >= 11 is 0. The van der Waals surface area contributed by atoms with Crippen LogP contribution in [0, 0.1) is 13.8 Å². The van der Waals surface area contributed by atoms with Crippen LogP contribution in [0.3, 0.4) is 0 Å². The molecule has 0 aliphatic carbocycles. The third-order valence-corrected chi connectivity index (χ3v) is 2.64. The number of nitrogens with one attached hydrogen (secondary N) is 1. The second kappa shape index (κ2) is 4.31. The van der Waals surface area contributed by atoms with Gasteiger partial charge in [0.05, 0.1) is 0 Å². The maximum absolute atomic E-state index is 10.5. The summed E-state index contributed by atoms with van der Waals surface area (Å²) in [5.41, 5.74) is 4.74. The molecule has 0 saturated carbocycles. The molecule has 3 nitrogen and oxygen atoms in total. The summed E-state index contributed by atoms with van der Waals surface area (Å²) < 4.78 is 0. The van der Waals surface area contributed by atoms with Gasteiger partial charge < -0.3 is 10.1 Å². The van der Waals surface area contributed by atoms with E-state index in [4.69, 9.17) is 5.11 Å². The minimum absolute atomic E-state index is 0.211. The van der Waals surface area contributed by atoms with Gasteiger partial charge in [-0.05, 0) is 37.8 Å². The molecule has 78 valence electrons. The van der Waals surface area contributed by atoms with Crippen molar-refractivity contribution < 1.29 is 9.90 Å². The first-order valence-electron chi connectivity index (χ1n) is 4.95. The van der Waals surface area contributed by atoms with Crippen LogP contribution in [0.2, 0.25) is 0 Å². The number of H-pyrrole nitrogens is 1. The number of hydrogen-bond acceptors (Lipinski definition) is 1. The standard InChI is InChI=1S/C11H17NO2/c1-4-10-7(2)9(8(3)12-10)5-6-11(13)14/h12H,4-6H2,1-3H3,(H,13,14). The normalized spacial score (nSPS) is 10.5. The molecule has 0 aliphatic heterocycles. The van der Waals surface area contributed by atoms with E-state index >= 15 is 0 Å². The van der Waals surface area contributed by atoms with Gasteiger partial charge in [-0.1, -0.05) is 6.92 Å². The van der Waals surface area contributed by atoms with Crippen LogP contribution in [0.1, 0.15) is 35.9 Å². The van der Waals surface area contributed by atoms with Gasteiger partial charge in [-0.3, -0.25) is 4.79 Å². The summed E-state index contributed by atoms with van der Waals surface area (Å²) in [6, 6.07) is 0. The zero-order valence-corrected chi connectivity index (χ0v) is 8.98. The van der Waals surface area contributed by atoms with E-state index in [9.17, 15) is 4.79 Å². The molecule has 0 radical (unpaired) electrons. The molecule has 1 aromatic rings. The molecular weight excluding hydrogens is 178 g/mol. The number of aliphatic carboxylic acids is 1. The highest BCUT2D eigenvalue weighted by Gasteiger charge is 2.10. The quantitative estimate of drug-likeness (QED) is 0.774. The molecule has 0 atom stereocenters. The summed E-state index contributed by atoms with van der Waals surface area (Å²) in [5, 5.41) is 8.61. The maximum atomic E-state index is 10.5. The SMILES string of the molecule is CCc1[nH]c(C)c(CCC(=O)O)c1C. The van der Waals surface area contributed by atoms with E-state index in [-0.39, 0.29) is 6.42 Å². The lowest BCUT2D eigenvalue weighted by Gasteiger charge is -1.99. The average molecular weight is 195 g/mol. The van der Waals surface area contributed by atoms with Gasteiger partial charge in [0.15, 0.2) is 0 Å². The van der Waals surface area contributed by atoms with Crippen LogP contribution in [-0.2, 0) is 17.6 Å². The van der Waals surface area contributed by atoms with E-state index in [0.29, 0.717) is 6.42 Å². The molecule has 0 unspecified atom stereocenters. The van der Waals surface area contributed by atoms with Crippen LogP contribution in [0.5, 0.6) is 0 Å². The summed E-state index contributed by atoms with van der Waals surface area (Å²) in [6.07, 6.45) is 1.81. The minimum Gasteiger partial charge on any atom is -0.481 e. The molecule has 0 fully saturated rings. The van der Waals surface area contributed by atoms with Gasteiger partial charge in [0.2, 0.25) is 0 Å². The second-order valence-corrected chi connectivity index (χ2v) is 3.58. The Morgan fingerprint density at radius 3 is 2.50 bits per heavy atom. The first kappa shape index (κ1) is 10.8. The minimum atomic E-state index is -0.733. The molecule has 14 heavy (non-hydrogen) atoms. The second-order valence-electron chi connectivity index (χ2n) is 3.58. The number of aryl methyl sites for hydroxylation is 2. The third kappa shape index (κ3) is 2.16. The number of carboxylic acids is 1. The highest BCUT2D eigenvalue weighted by Crippen LogP contribution is 2.19. The van der Waals surface area contributed by atoms with Gasteiger partial charge in [0.25, 0.3) is 0 Å². The summed E-state index contributed by atoms with van der Waals surface area (Å²) in [4.78, 5) is 13.8. The van der Waals surface area contributed by atoms with E-state index in [2.05, 4.69) is 18.8 Å². The lowest BCUT2D eigenvalue weighted by atomic mass is 10.0. The fourth-order valence-corrected chi connectivity index (χ4v) is 1.82. The van der Waals surface area contributed by atoms with Crippen LogP contribution >= 0.6 is 0 Å². The highest BCUT2D eigenvalue weighted by molar-refractivity contribution is 5.67. The molecule has 0 saturated heterocycles. The van der Waals surface area contributed by atoms with Crippen molar-refractivity contribution in [2.45, 2.75) is 40.0 Å². The molecule has 0 amide bonds. The summed E-state index contributed by atoms with van der Waals surface area (Å²) in [7, 11) is 0. The number of carbonyl (C=O) groups is 1. The van der Waals surface area contributed by atoms with Crippen molar-refractivity contribution in [3.8, 4) is 0 Å². The van der Waals surface area contributed by atoms with Crippen molar-refractivity contribution in [3.63, 3.8) is 0 Å². The lowest BCUT2D eigenvalue weighted by molar-refractivity contribution is -0.136. The Balaban J connectivity index is 2.85. The van der Waals surface area contributed by atoms with Crippen molar-refractivity contribution in [1.82, 2.24) is 4.98 Å². The molecule has 0 spiro atoms. The van der Waals surface area contributed by atoms with Gasteiger partial charge in [-0.15, -0.1) is 0 Å². The van der Waals surface area contributed by atoms with E-state index in [0.717, 1.165) is 12.1 Å². The Bertz CT molecular complexity index is 339. The van der Waals surface area contributed by atoms with E-state index in [1.165, 1.54) is 16.8 Å². The fraction of sp³-hybridized carbons (Fsp3) is 0.545. The van der Waals surface area contributed by atoms with Crippen molar-refractivity contribution in [3.05, 3.63) is 22.5 Å². The van der Waals surface area contributed by atoms with E-state index < -0.39 is 5.97 Å². The van der Waals surface area contributed by atoms with Gasteiger partial charge in [0.1, 0.15) is 0 Å². The predicted molar refractivity (Wildman–Crippen MR) is 55.6 cm³/mol. The first-order chi connectivity index (χ1) is 6.56. The van der Waals surface area contributed by atoms with Crippen LogP contribution in [0.15, 0.2) is 0 Å². The molecule has 0 bridgehead atoms. The van der Waals surface area contributed by atoms with Gasteiger partial charge in [0, 0.05) is 17.8 Å². The van der Waals surface area contributed by atoms with Crippen LogP contribution in [0.25, 0.3) is 0 Å². The number of hydrogen-bond donors (Lipinski definition) is 2. The Labute approximate surface area is 84.2 Å². The van der Waals surface area contributed by atoms with Gasteiger partial charge in [-0.25, -0.2) is 0 Å². The molecular formula is C11H17NO2. The van der Waals surface area contributed by atoms with Crippen molar-refractivity contribution >= 4 is 5.97 Å². The van der Waals surface area contributed by atoms with Crippen LogP contribution in [-0.4, -0.2) is 16.1 Å². The summed E-state index contributed by atoms with van der Waals surface area (Å²) in [5.74, 6) is -0.733. The first-order valence-corrected chi connectivity index (χ1v) is 4.95. The maximum Gasteiger partial charge on any atom is 0.303 e.